The van der Waals surface area contributed by atoms with Gasteiger partial charge in [-0.2, -0.15) is 25.7 Å². The smallest absolute Gasteiger partial charge is 0.545 e. The number of carbonyl (C=O) groups excluding carboxylic acids is 4. The zero-order valence-electron chi connectivity index (χ0n) is 51.7. The van der Waals surface area contributed by atoms with E-state index >= 15 is 0 Å². The molecular weight excluding hydrogens is 1190 g/mol. The van der Waals surface area contributed by atoms with E-state index in [0.29, 0.717) is 97.7 Å². The van der Waals surface area contributed by atoms with Crippen LogP contribution in [0.2, 0.25) is 0 Å². The minimum absolute atomic E-state index is 0. The van der Waals surface area contributed by atoms with Gasteiger partial charge < -0.3 is 53.2 Å². The van der Waals surface area contributed by atoms with Crippen molar-refractivity contribution < 1.29 is 87.4 Å². The molecule has 0 saturated carbocycles. The summed E-state index contributed by atoms with van der Waals surface area (Å²) in [7, 11) is 0. The van der Waals surface area contributed by atoms with Crippen molar-refractivity contribution >= 4 is 95.7 Å². The number of hydrogen-bond donors (Lipinski definition) is 1. The second-order valence-corrected chi connectivity index (χ2v) is 21.9. The Kier molecular flexibility index (Phi) is 30.5. The SMILES string of the molecule is O=C1OC(=O)c2ccccc21.[C-]#[N+]c1c(N=Nc2ccc(N(CC)CC(COC(C)C)OCCOC(=O)c3ccccc3C(=O)[O-])cc2C)sc(C#N)c1C.[C-]#[N+]c1sc(N=Nc2ccc(N(CC)CC(COC(C)C)OCCO)cc2C)c([N+]#[C-])c1C.[Na+]. The molecule has 25 heteroatoms. The summed E-state index contributed by atoms with van der Waals surface area (Å²) in [4.78, 5) is 60.7. The average molecular weight is 1260 g/mol. The summed E-state index contributed by atoms with van der Waals surface area (Å²) in [5.74, 6) is -3.32. The van der Waals surface area contributed by atoms with Gasteiger partial charge in [0.25, 0.3) is 0 Å². The molecule has 2 unspecified atom stereocenters. The molecule has 0 aliphatic carbocycles. The maximum atomic E-state index is 12.4. The molecule has 2 atom stereocenters. The van der Waals surface area contributed by atoms with E-state index in [2.05, 4.69) is 62.5 Å². The van der Waals surface area contributed by atoms with E-state index in [4.69, 9.17) is 48.5 Å². The van der Waals surface area contributed by atoms with Gasteiger partial charge in [0.15, 0.2) is 0 Å². The summed E-state index contributed by atoms with van der Waals surface area (Å²) in [6.45, 7) is 45.0. The fraction of sp³-hybridized carbons (Fsp3) is 0.375. The molecule has 22 nitrogen and oxygen atoms in total. The number of carboxylic acids is 1. The molecule has 1 aliphatic rings. The van der Waals surface area contributed by atoms with Crippen LogP contribution in [-0.2, 0) is 28.4 Å². The van der Waals surface area contributed by atoms with Crippen molar-refractivity contribution in [1.29, 1.82) is 5.26 Å². The zero-order chi connectivity index (χ0) is 64.5. The molecule has 4 aromatic carbocycles. The predicted molar refractivity (Wildman–Crippen MR) is 334 cm³/mol. The number of carbonyl (C=O) groups is 4. The van der Waals surface area contributed by atoms with Gasteiger partial charge in [-0.1, -0.05) is 37.3 Å². The molecule has 0 radical (unpaired) electrons. The molecule has 0 fully saturated rings. The number of thiophene rings is 2. The van der Waals surface area contributed by atoms with Crippen LogP contribution in [0, 0.1) is 58.7 Å². The number of hydrogen-bond acceptors (Lipinski definition) is 21. The molecule has 0 spiro atoms. The predicted octanol–water partition coefficient (Wildman–Crippen LogP) is 10.6. The number of likely N-dealkylation sites (N-methyl/N-ethyl adjacent to an activating group) is 2. The van der Waals surface area contributed by atoms with Gasteiger partial charge in [-0.15, -0.1) is 22.7 Å². The number of fused-ring (bicyclic) bond motifs is 1. The van der Waals surface area contributed by atoms with E-state index in [1.807, 2.05) is 84.9 Å². The minimum atomic E-state index is -1.45. The first-order valence-corrected chi connectivity index (χ1v) is 29.6. The first kappa shape index (κ1) is 73.4. The first-order valence-electron chi connectivity index (χ1n) is 28.0. The van der Waals surface area contributed by atoms with Crippen molar-refractivity contribution in [2.75, 3.05) is 75.6 Å². The van der Waals surface area contributed by atoms with Crippen molar-refractivity contribution in [3.05, 3.63) is 169 Å². The quantitative estimate of drug-likeness (QED) is 0.0126. The van der Waals surface area contributed by atoms with Crippen molar-refractivity contribution in [3.63, 3.8) is 0 Å². The number of carboxylic acid groups (broad SMARTS) is 1. The second-order valence-electron chi connectivity index (χ2n) is 19.9. The van der Waals surface area contributed by atoms with Crippen LogP contribution in [0.1, 0.15) is 110 Å². The van der Waals surface area contributed by atoms with Crippen LogP contribution in [0.25, 0.3) is 14.5 Å². The number of aromatic carboxylic acids is 1. The molecule has 1 aliphatic heterocycles. The van der Waals surface area contributed by atoms with E-state index in [9.17, 15) is 29.5 Å². The number of aliphatic hydroxyl groups is 1. The number of nitrogens with zero attached hydrogens (tertiary/aromatic N) is 10. The summed E-state index contributed by atoms with van der Waals surface area (Å²) in [5, 5.41) is 48.3. The number of aliphatic hydroxyl groups excluding tert-OH is 1. The van der Waals surface area contributed by atoms with E-state index in [1.54, 1.807) is 44.2 Å². The van der Waals surface area contributed by atoms with E-state index < -0.39 is 23.9 Å². The summed E-state index contributed by atoms with van der Waals surface area (Å²) >= 11 is 2.34. The van der Waals surface area contributed by atoms with Gasteiger partial charge in [-0.05, 0) is 139 Å². The van der Waals surface area contributed by atoms with Crippen molar-refractivity contribution in [2.45, 2.75) is 93.7 Å². The number of esters is 3. The number of anilines is 2. The molecule has 3 heterocycles. The second kappa shape index (κ2) is 37.0. The third-order valence-corrected chi connectivity index (χ3v) is 15.2. The number of rotatable bonds is 27. The Morgan fingerprint density at radius 2 is 1.13 bits per heavy atom. The number of nitriles is 1. The van der Waals surface area contributed by atoms with Gasteiger partial charge in [0.2, 0.25) is 16.4 Å². The van der Waals surface area contributed by atoms with Gasteiger partial charge in [-0.25, -0.2) is 28.9 Å². The number of ether oxygens (including phenoxy) is 6. The Bertz CT molecular complexity index is 3620. The standard InChI is InChI=1S/C32H35N5O6S.C24H31N5O3S.C8H4O3.Na/c1-7-37(23-12-13-27(21(4)16-23)35-36-30-29(34-6)22(5)28(17-33)44-30)18-24(19-43-20(2)3)41-14-15-42-32(40)26-11-9-8-10-25(26)31(38)39;1-8-29(14-20(31-12-11-30)15-32-16(2)3)19-9-10-21(17(4)13-19)27-28-24-22(25-6)18(5)23(26-7)33-24;9-7-5-3-1-2-4-6(5)8(10)11-7;/h8-13,16,20,24H,7,14-15,18-19H2,1-5H3,(H,38,39);9-10,13,16,20,30H,8,11-12,14-15H2,1-5H3;1-4H;/q;;;+1/p-1. The zero-order valence-corrected chi connectivity index (χ0v) is 55.3. The van der Waals surface area contributed by atoms with Gasteiger partial charge in [0, 0.05) is 43.1 Å². The third-order valence-electron chi connectivity index (χ3n) is 13.1. The summed E-state index contributed by atoms with van der Waals surface area (Å²) < 4.78 is 33.0. The molecule has 1 N–H and O–H groups in total. The first-order chi connectivity index (χ1) is 42.2. The van der Waals surface area contributed by atoms with Crippen molar-refractivity contribution in [3.8, 4) is 6.07 Å². The van der Waals surface area contributed by atoms with Crippen LogP contribution in [0.3, 0.4) is 0 Å². The number of aryl methyl sites for hydroxylation is 2. The maximum absolute atomic E-state index is 12.4. The molecule has 89 heavy (non-hydrogen) atoms. The number of azo groups is 2. The van der Waals surface area contributed by atoms with Gasteiger partial charge in [0.05, 0.1) is 116 Å². The Hall–Kier alpha value is -8.08. The molecule has 0 amide bonds. The number of benzene rings is 4. The maximum Gasteiger partial charge on any atom is 1.00 e. The molecule has 7 rings (SSSR count). The van der Waals surface area contributed by atoms with Gasteiger partial charge >= 0.3 is 47.5 Å². The molecule has 0 bridgehead atoms. The van der Waals surface area contributed by atoms with Crippen LogP contribution in [0.5, 0.6) is 0 Å². The van der Waals surface area contributed by atoms with E-state index in [0.717, 1.165) is 40.4 Å². The summed E-state index contributed by atoms with van der Waals surface area (Å²) in [5.41, 5.74) is 7.55. The fourth-order valence-electron chi connectivity index (χ4n) is 8.43. The van der Waals surface area contributed by atoms with Crippen molar-refractivity contribution in [2.24, 2.45) is 20.5 Å². The number of cyclic esters (lactones) is 2. The molecule has 0 saturated heterocycles. The molecule has 2 aromatic heterocycles. The van der Waals surface area contributed by atoms with Crippen LogP contribution >= 0.6 is 22.7 Å². The average Bonchev–Trinajstić information content (AvgIpc) is 3.59. The Morgan fingerprint density at radius 3 is 1.57 bits per heavy atom. The minimum Gasteiger partial charge on any atom is -0.545 e. The van der Waals surface area contributed by atoms with E-state index in [1.165, 1.54) is 29.5 Å². The molecular formula is C64H69N10NaO12S2. The Labute approximate surface area is 549 Å². The summed E-state index contributed by atoms with van der Waals surface area (Å²) in [6.07, 6.45) is -0.421. The van der Waals surface area contributed by atoms with Crippen LogP contribution < -0.4 is 44.5 Å². The Morgan fingerprint density at radius 1 is 0.663 bits per heavy atom. The van der Waals surface area contributed by atoms with Gasteiger partial charge in [0.1, 0.15) is 22.7 Å². The monoisotopic (exact) mass is 1260 g/mol. The van der Waals surface area contributed by atoms with Crippen LogP contribution in [0.15, 0.2) is 105 Å². The van der Waals surface area contributed by atoms with Gasteiger partial charge in [-0.3, -0.25) is 0 Å². The normalized spacial score (nSPS) is 12.1. The third kappa shape index (κ3) is 21.3. The molecule has 460 valence electrons. The van der Waals surface area contributed by atoms with Crippen LogP contribution in [-0.4, -0.2) is 119 Å². The molecule has 6 aromatic rings. The Balaban J connectivity index is 0.000000328. The van der Waals surface area contributed by atoms with E-state index in [-0.39, 0.29) is 91.5 Å². The fourth-order valence-corrected chi connectivity index (χ4v) is 10.1. The topological polar surface area (TPSA) is 260 Å². The van der Waals surface area contributed by atoms with Crippen molar-refractivity contribution in [1.82, 2.24) is 0 Å². The van der Waals surface area contributed by atoms with Crippen LogP contribution in [0.4, 0.5) is 49.1 Å². The largest absolute Gasteiger partial charge is 1.00 e. The summed E-state index contributed by atoms with van der Waals surface area (Å²) in [6, 6.07) is 26.1.